The van der Waals surface area contributed by atoms with Crippen molar-refractivity contribution in [2.75, 3.05) is 26.2 Å². The Morgan fingerprint density at radius 1 is 0.855 bits per heavy atom. The molecule has 1 amide bonds. The van der Waals surface area contributed by atoms with Gasteiger partial charge in [0.1, 0.15) is 6.54 Å². The minimum Gasteiger partial charge on any atom is -0.399 e. The average molecular weight is 775 g/mol. The van der Waals surface area contributed by atoms with Gasteiger partial charge in [0.25, 0.3) is 5.56 Å². The molecule has 0 bridgehead atoms. The number of halogens is 3. The number of aromatic nitrogens is 2. The smallest absolute Gasteiger partial charge is 0.399 e. The number of carbonyl (C=O) groups excluding carboxylic acids is 1. The third kappa shape index (κ3) is 9.39. The lowest BCUT2D eigenvalue weighted by atomic mass is 9.79. The van der Waals surface area contributed by atoms with Crippen LogP contribution < -0.4 is 11.0 Å². The van der Waals surface area contributed by atoms with Crippen LogP contribution in [0, 0.1) is 0 Å². The number of likely N-dealkylation sites (N-methyl/N-ethyl adjacent to an activating group) is 1. The second-order valence-corrected chi connectivity index (χ2v) is 16.2. The number of hydrogen-bond donors (Lipinski definition) is 0. The lowest BCUT2D eigenvalue weighted by Crippen LogP contribution is -2.41. The maximum absolute atomic E-state index is 14.3. The number of fused-ring (bicyclic) bond motifs is 1. The molecule has 1 saturated heterocycles. The highest BCUT2D eigenvalue weighted by Crippen LogP contribution is 2.37. The molecule has 13 heteroatoms. The van der Waals surface area contributed by atoms with Crippen molar-refractivity contribution in [3.63, 3.8) is 0 Å². The van der Waals surface area contributed by atoms with Crippen LogP contribution in [0.2, 0.25) is 0 Å². The van der Waals surface area contributed by atoms with E-state index >= 15 is 0 Å². The molecule has 8 nitrogen and oxygen atoms in total. The van der Waals surface area contributed by atoms with Crippen molar-refractivity contribution in [1.29, 1.82) is 0 Å². The summed E-state index contributed by atoms with van der Waals surface area (Å²) in [4.78, 5) is 36.1. The number of rotatable bonds is 14. The van der Waals surface area contributed by atoms with Gasteiger partial charge in [0, 0.05) is 36.6 Å². The van der Waals surface area contributed by atoms with Crippen LogP contribution >= 0.6 is 11.8 Å². The topological polar surface area (TPSA) is 76.9 Å². The molecule has 1 fully saturated rings. The van der Waals surface area contributed by atoms with Gasteiger partial charge in [-0.3, -0.25) is 9.59 Å². The Labute approximate surface area is 326 Å². The average Bonchev–Trinajstić information content (AvgIpc) is 3.74. The molecule has 55 heavy (non-hydrogen) atoms. The van der Waals surface area contributed by atoms with E-state index in [9.17, 15) is 22.8 Å². The van der Waals surface area contributed by atoms with Gasteiger partial charge in [-0.1, -0.05) is 86.3 Å². The van der Waals surface area contributed by atoms with E-state index in [0.29, 0.717) is 54.5 Å². The van der Waals surface area contributed by atoms with Gasteiger partial charge in [-0.15, -0.1) is 0 Å². The number of nitrogens with zero attached hydrogens (tertiary/aromatic N) is 4. The van der Waals surface area contributed by atoms with Crippen molar-refractivity contribution < 1.29 is 27.3 Å². The van der Waals surface area contributed by atoms with Crippen LogP contribution in [0.1, 0.15) is 75.9 Å². The molecule has 0 N–H and O–H groups in total. The Morgan fingerprint density at radius 3 is 2.02 bits per heavy atom. The molecule has 6 rings (SSSR count). The largest absolute Gasteiger partial charge is 0.494 e. The van der Waals surface area contributed by atoms with Crippen molar-refractivity contribution in [1.82, 2.24) is 19.4 Å². The number of carbonyl (C=O) groups is 1. The molecule has 2 heterocycles. The first-order chi connectivity index (χ1) is 26.1. The summed E-state index contributed by atoms with van der Waals surface area (Å²) in [5.74, 6) is 0.479. The van der Waals surface area contributed by atoms with E-state index in [1.165, 1.54) is 23.9 Å². The van der Waals surface area contributed by atoms with Crippen LogP contribution in [0.5, 0.6) is 0 Å². The van der Waals surface area contributed by atoms with E-state index in [1.807, 2.05) is 85.7 Å². The molecule has 1 aliphatic heterocycles. The molecule has 0 unspecified atom stereocenters. The van der Waals surface area contributed by atoms with E-state index in [1.54, 1.807) is 0 Å². The van der Waals surface area contributed by atoms with E-state index < -0.39 is 30.1 Å². The summed E-state index contributed by atoms with van der Waals surface area (Å²) in [5, 5.41) is 0.527. The third-order valence-corrected chi connectivity index (χ3v) is 12.2. The van der Waals surface area contributed by atoms with E-state index in [2.05, 4.69) is 23.7 Å². The molecular weight excluding hydrogens is 724 g/mol. The lowest BCUT2D eigenvalue weighted by molar-refractivity contribution is -0.137. The second kappa shape index (κ2) is 16.7. The highest BCUT2D eigenvalue weighted by atomic mass is 32.2. The minimum atomic E-state index is -4.39. The Balaban J connectivity index is 1.20. The van der Waals surface area contributed by atoms with Crippen molar-refractivity contribution >= 4 is 30.3 Å². The fourth-order valence-corrected chi connectivity index (χ4v) is 7.93. The molecular formula is C42H50BF3N4O4S. The van der Waals surface area contributed by atoms with Crippen molar-refractivity contribution in [3.05, 3.63) is 111 Å². The molecule has 0 saturated carbocycles. The van der Waals surface area contributed by atoms with Gasteiger partial charge in [0.15, 0.2) is 5.16 Å². The minimum absolute atomic E-state index is 0.0563. The molecule has 1 aliphatic carbocycles. The van der Waals surface area contributed by atoms with Crippen molar-refractivity contribution in [3.8, 4) is 11.1 Å². The molecule has 2 aliphatic rings. The van der Waals surface area contributed by atoms with Crippen LogP contribution in [-0.2, 0) is 52.0 Å². The normalized spacial score (nSPS) is 16.1. The van der Waals surface area contributed by atoms with E-state index in [0.717, 1.165) is 59.5 Å². The first-order valence-corrected chi connectivity index (χ1v) is 20.0. The zero-order valence-corrected chi connectivity index (χ0v) is 33.4. The molecule has 0 spiro atoms. The van der Waals surface area contributed by atoms with Crippen LogP contribution in [-0.4, -0.2) is 69.8 Å². The van der Waals surface area contributed by atoms with Crippen molar-refractivity contribution in [2.45, 2.75) is 102 Å². The Hall–Kier alpha value is -3.91. The predicted molar refractivity (Wildman–Crippen MR) is 212 cm³/mol. The summed E-state index contributed by atoms with van der Waals surface area (Å²) in [5.41, 5.74) is 4.15. The fraction of sp³-hybridized carbons (Fsp3) is 0.452. The Kier molecular flexibility index (Phi) is 12.4. The van der Waals surface area contributed by atoms with Crippen LogP contribution in [0.3, 0.4) is 0 Å². The summed E-state index contributed by atoms with van der Waals surface area (Å²) in [6.45, 7) is 15.7. The van der Waals surface area contributed by atoms with Gasteiger partial charge in [-0.05, 0) is 99.9 Å². The molecule has 1 aromatic heterocycles. The maximum Gasteiger partial charge on any atom is 0.494 e. The lowest BCUT2D eigenvalue weighted by Gasteiger charge is -2.32. The van der Waals surface area contributed by atoms with E-state index in [-0.39, 0.29) is 18.0 Å². The first-order valence-electron chi connectivity index (χ1n) is 19.0. The molecule has 3 aromatic carbocycles. The van der Waals surface area contributed by atoms with Gasteiger partial charge in [-0.25, -0.2) is 0 Å². The quantitative estimate of drug-likeness (QED) is 0.0753. The summed E-state index contributed by atoms with van der Waals surface area (Å²) in [6, 6.07) is 20.8. The van der Waals surface area contributed by atoms with Gasteiger partial charge < -0.3 is 23.7 Å². The number of hydrogen-bond acceptors (Lipinski definition) is 7. The number of alkyl halides is 3. The number of amides is 1. The Morgan fingerprint density at radius 2 is 1.44 bits per heavy atom. The van der Waals surface area contributed by atoms with Crippen LogP contribution in [0.25, 0.3) is 11.1 Å². The summed E-state index contributed by atoms with van der Waals surface area (Å²) in [7, 11) is -0.456. The van der Waals surface area contributed by atoms with Crippen LogP contribution in [0.4, 0.5) is 13.2 Å². The van der Waals surface area contributed by atoms with Crippen LogP contribution in [0.15, 0.2) is 82.7 Å². The highest BCUT2D eigenvalue weighted by molar-refractivity contribution is 7.98. The summed E-state index contributed by atoms with van der Waals surface area (Å²) in [6.07, 6.45) is -2.19. The Bertz CT molecular complexity index is 2000. The highest BCUT2D eigenvalue weighted by Gasteiger charge is 2.51. The second-order valence-electron chi connectivity index (χ2n) is 15.3. The van der Waals surface area contributed by atoms with Gasteiger partial charge in [-0.2, -0.15) is 18.2 Å². The van der Waals surface area contributed by atoms with E-state index in [4.69, 9.17) is 9.31 Å². The zero-order valence-electron chi connectivity index (χ0n) is 32.5. The predicted octanol–water partition coefficient (Wildman–Crippen LogP) is 7.38. The SMILES string of the molecule is CCN(CC)CCN(Cc1ccc(-c2ccc(C(F)(F)F)cc2)cc1)C(=O)Cn1c(SCc2ccc(B3OC(C)(C)C(C)(C)O3)cc2)nc(=O)c2c1CCC2. The molecule has 4 aromatic rings. The monoisotopic (exact) mass is 774 g/mol. The zero-order chi connectivity index (χ0) is 39.5. The van der Waals surface area contributed by atoms with Gasteiger partial charge >= 0.3 is 13.3 Å². The number of thioether (sulfide) groups is 1. The number of benzene rings is 3. The summed E-state index contributed by atoms with van der Waals surface area (Å²) < 4.78 is 53.7. The molecule has 0 atom stereocenters. The molecule has 292 valence electrons. The fourth-order valence-electron chi connectivity index (χ4n) is 6.96. The third-order valence-electron chi connectivity index (χ3n) is 11.2. The standard InChI is InChI=1S/C42H50BF3N4O4S/c1-7-48(8-2)24-25-49(26-29-12-16-31(17-13-29)32-18-20-33(21-19-32)42(44,45)46)37(51)27-50-36-11-9-10-35(36)38(52)47-39(50)55-28-30-14-22-34(23-15-30)43-53-40(3,4)41(5,6)54-43/h12-23H,7-11,24-28H2,1-6H3. The summed E-state index contributed by atoms with van der Waals surface area (Å²) >= 11 is 1.45. The maximum atomic E-state index is 14.3. The van der Waals surface area contributed by atoms with Crippen molar-refractivity contribution in [2.24, 2.45) is 0 Å². The van der Waals surface area contributed by atoms with Gasteiger partial charge in [0.05, 0.1) is 16.8 Å². The molecule has 0 radical (unpaired) electrons. The first kappa shape index (κ1) is 40.7. The van der Waals surface area contributed by atoms with Gasteiger partial charge in [0.2, 0.25) is 5.91 Å².